The Morgan fingerprint density at radius 2 is 1.88 bits per heavy atom. The lowest BCUT2D eigenvalue weighted by atomic mass is 10.1. The Labute approximate surface area is 146 Å². The standard InChI is InChI=1S/C18H21ClN2O3/c1-3-24-16-11-7-6-10-15(16)21-18(22)20-12-17(23-2)13-8-4-5-9-14(13)19/h4-11,17H,3,12H2,1-2H3,(H2,20,21,22). The molecule has 0 aliphatic carbocycles. The smallest absolute Gasteiger partial charge is 0.319 e. The van der Waals surface area contributed by atoms with Gasteiger partial charge in [-0.1, -0.05) is 41.9 Å². The minimum Gasteiger partial charge on any atom is -0.492 e. The predicted molar refractivity (Wildman–Crippen MR) is 95.8 cm³/mol. The minimum absolute atomic E-state index is 0.295. The minimum atomic E-state index is -0.337. The monoisotopic (exact) mass is 348 g/mol. The molecule has 0 aliphatic heterocycles. The molecule has 0 saturated heterocycles. The molecule has 24 heavy (non-hydrogen) atoms. The molecule has 2 amide bonds. The molecule has 128 valence electrons. The van der Waals surface area contributed by atoms with Gasteiger partial charge in [0, 0.05) is 24.2 Å². The van der Waals surface area contributed by atoms with Crippen LogP contribution in [0.15, 0.2) is 48.5 Å². The van der Waals surface area contributed by atoms with Gasteiger partial charge in [0.05, 0.1) is 12.3 Å². The van der Waals surface area contributed by atoms with E-state index in [1.807, 2.05) is 37.3 Å². The van der Waals surface area contributed by atoms with Crippen molar-refractivity contribution in [2.45, 2.75) is 13.0 Å². The molecular formula is C18H21ClN2O3. The molecule has 0 radical (unpaired) electrons. The molecule has 2 rings (SSSR count). The van der Waals surface area contributed by atoms with Crippen LogP contribution in [0.2, 0.25) is 5.02 Å². The maximum Gasteiger partial charge on any atom is 0.319 e. The molecule has 0 spiro atoms. The molecule has 0 aromatic heterocycles. The summed E-state index contributed by atoms with van der Waals surface area (Å²) in [5.41, 5.74) is 1.44. The number of carbonyl (C=O) groups excluding carboxylic acids is 1. The van der Waals surface area contributed by atoms with Crippen LogP contribution in [-0.2, 0) is 4.74 Å². The van der Waals surface area contributed by atoms with Crippen LogP contribution in [0.3, 0.4) is 0 Å². The fourth-order valence-electron chi connectivity index (χ4n) is 2.26. The Morgan fingerprint density at radius 3 is 2.58 bits per heavy atom. The van der Waals surface area contributed by atoms with Crippen LogP contribution < -0.4 is 15.4 Å². The van der Waals surface area contributed by atoms with Crippen molar-refractivity contribution < 1.29 is 14.3 Å². The number of hydrogen-bond acceptors (Lipinski definition) is 3. The molecule has 5 nitrogen and oxygen atoms in total. The van der Waals surface area contributed by atoms with Crippen LogP contribution in [0.1, 0.15) is 18.6 Å². The molecule has 6 heteroatoms. The highest BCUT2D eigenvalue weighted by Crippen LogP contribution is 2.25. The summed E-state index contributed by atoms with van der Waals surface area (Å²) < 4.78 is 10.9. The van der Waals surface area contributed by atoms with E-state index in [2.05, 4.69) is 10.6 Å². The summed E-state index contributed by atoms with van der Waals surface area (Å²) in [4.78, 5) is 12.1. The average molecular weight is 349 g/mol. The van der Waals surface area contributed by atoms with Gasteiger partial charge in [0.25, 0.3) is 0 Å². The Hall–Kier alpha value is -2.24. The van der Waals surface area contributed by atoms with Crippen LogP contribution >= 0.6 is 11.6 Å². The number of nitrogens with one attached hydrogen (secondary N) is 2. The second-order valence-electron chi connectivity index (χ2n) is 5.01. The number of rotatable bonds is 7. The second kappa shape index (κ2) is 9.15. The fourth-order valence-corrected chi connectivity index (χ4v) is 2.52. The SMILES string of the molecule is CCOc1ccccc1NC(=O)NCC(OC)c1ccccc1Cl. The number of anilines is 1. The first-order valence-corrected chi connectivity index (χ1v) is 8.07. The third-order valence-corrected chi connectivity index (χ3v) is 3.76. The summed E-state index contributed by atoms with van der Waals surface area (Å²) in [5, 5.41) is 6.17. The lowest BCUT2D eigenvalue weighted by Gasteiger charge is -2.18. The van der Waals surface area contributed by atoms with Crippen LogP contribution in [0.5, 0.6) is 5.75 Å². The van der Waals surface area contributed by atoms with Crippen molar-refractivity contribution in [1.82, 2.24) is 5.32 Å². The van der Waals surface area contributed by atoms with Gasteiger partial charge in [-0.05, 0) is 25.1 Å². The summed E-state index contributed by atoms with van der Waals surface area (Å²) in [6.07, 6.45) is -0.327. The molecule has 1 atom stereocenters. The molecule has 0 fully saturated rings. The first-order valence-electron chi connectivity index (χ1n) is 7.69. The van der Waals surface area contributed by atoms with E-state index in [9.17, 15) is 4.79 Å². The quantitative estimate of drug-likeness (QED) is 0.786. The number of carbonyl (C=O) groups is 1. The maximum atomic E-state index is 12.1. The van der Waals surface area contributed by atoms with Gasteiger partial charge in [0.15, 0.2) is 0 Å². The van der Waals surface area contributed by atoms with Gasteiger partial charge in [-0.15, -0.1) is 0 Å². The zero-order chi connectivity index (χ0) is 17.4. The highest BCUT2D eigenvalue weighted by molar-refractivity contribution is 6.31. The molecule has 0 saturated carbocycles. The normalized spacial score (nSPS) is 11.6. The number of urea groups is 1. The van der Waals surface area contributed by atoms with E-state index < -0.39 is 0 Å². The molecule has 2 aromatic rings. The topological polar surface area (TPSA) is 59.6 Å². The number of amides is 2. The van der Waals surface area contributed by atoms with Crippen LogP contribution in [0, 0.1) is 0 Å². The van der Waals surface area contributed by atoms with Gasteiger partial charge in [0.2, 0.25) is 0 Å². The van der Waals surface area contributed by atoms with Gasteiger partial charge in [-0.3, -0.25) is 0 Å². The summed E-state index contributed by atoms with van der Waals surface area (Å²) in [6.45, 7) is 2.71. The number of ether oxygens (including phenoxy) is 2. The summed E-state index contributed by atoms with van der Waals surface area (Å²) in [7, 11) is 1.58. The van der Waals surface area contributed by atoms with Crippen molar-refractivity contribution in [3.05, 3.63) is 59.1 Å². The van der Waals surface area contributed by atoms with Crippen molar-refractivity contribution in [3.8, 4) is 5.75 Å². The van der Waals surface area contributed by atoms with Crippen molar-refractivity contribution in [2.24, 2.45) is 0 Å². The van der Waals surface area contributed by atoms with E-state index in [1.54, 1.807) is 25.3 Å². The van der Waals surface area contributed by atoms with E-state index in [0.717, 1.165) is 5.56 Å². The maximum absolute atomic E-state index is 12.1. The summed E-state index contributed by atoms with van der Waals surface area (Å²) in [6, 6.07) is 14.3. The molecule has 1 unspecified atom stereocenters. The van der Waals surface area contributed by atoms with Gasteiger partial charge in [0.1, 0.15) is 11.9 Å². The first kappa shape index (κ1) is 18.1. The third kappa shape index (κ3) is 4.88. The fraction of sp³-hybridized carbons (Fsp3) is 0.278. The van der Waals surface area contributed by atoms with E-state index in [1.165, 1.54) is 0 Å². The van der Waals surface area contributed by atoms with E-state index in [-0.39, 0.29) is 12.1 Å². The van der Waals surface area contributed by atoms with E-state index in [0.29, 0.717) is 29.6 Å². The van der Waals surface area contributed by atoms with Crippen molar-refractivity contribution in [3.63, 3.8) is 0 Å². The predicted octanol–water partition coefficient (Wildman–Crippen LogP) is 4.25. The number of hydrogen-bond donors (Lipinski definition) is 2. The Bertz CT molecular complexity index is 679. The van der Waals surface area contributed by atoms with Crippen molar-refractivity contribution in [1.29, 1.82) is 0 Å². The largest absolute Gasteiger partial charge is 0.492 e. The van der Waals surface area contributed by atoms with E-state index in [4.69, 9.17) is 21.1 Å². The van der Waals surface area contributed by atoms with Crippen molar-refractivity contribution >= 4 is 23.3 Å². The van der Waals surface area contributed by atoms with Crippen molar-refractivity contribution in [2.75, 3.05) is 25.6 Å². The Morgan fingerprint density at radius 1 is 1.17 bits per heavy atom. The van der Waals surface area contributed by atoms with Crippen LogP contribution in [-0.4, -0.2) is 26.3 Å². The highest BCUT2D eigenvalue weighted by atomic mass is 35.5. The Kier molecular flexibility index (Phi) is 6.90. The molecule has 2 aromatic carbocycles. The Balaban J connectivity index is 1.96. The summed E-state index contributed by atoms with van der Waals surface area (Å²) in [5.74, 6) is 0.629. The van der Waals surface area contributed by atoms with E-state index >= 15 is 0 Å². The lowest BCUT2D eigenvalue weighted by Crippen LogP contribution is -2.33. The first-order chi connectivity index (χ1) is 11.7. The lowest BCUT2D eigenvalue weighted by molar-refractivity contribution is 0.104. The second-order valence-corrected chi connectivity index (χ2v) is 5.42. The number of halogens is 1. The molecular weight excluding hydrogens is 328 g/mol. The summed E-state index contributed by atoms with van der Waals surface area (Å²) >= 11 is 6.17. The molecule has 0 aliphatic rings. The number of benzene rings is 2. The highest BCUT2D eigenvalue weighted by Gasteiger charge is 2.15. The van der Waals surface area contributed by atoms with Crippen LogP contribution in [0.25, 0.3) is 0 Å². The van der Waals surface area contributed by atoms with Gasteiger partial charge in [-0.2, -0.15) is 0 Å². The van der Waals surface area contributed by atoms with Gasteiger partial charge < -0.3 is 20.1 Å². The van der Waals surface area contributed by atoms with Crippen LogP contribution in [0.4, 0.5) is 10.5 Å². The number of methoxy groups -OCH3 is 1. The average Bonchev–Trinajstić information content (AvgIpc) is 2.59. The molecule has 2 N–H and O–H groups in total. The number of para-hydroxylation sites is 2. The molecule has 0 bridgehead atoms. The zero-order valence-corrected chi connectivity index (χ0v) is 14.5. The molecule has 0 heterocycles. The zero-order valence-electron chi connectivity index (χ0n) is 13.7. The van der Waals surface area contributed by atoms with Gasteiger partial charge >= 0.3 is 6.03 Å². The third-order valence-electron chi connectivity index (χ3n) is 3.42. The van der Waals surface area contributed by atoms with Gasteiger partial charge in [-0.25, -0.2) is 4.79 Å².